The maximum absolute atomic E-state index is 13.7. The number of aliphatic carboxylic acids is 1. The second-order valence-electron chi connectivity index (χ2n) is 9.38. The molecule has 1 heterocycles. The molecule has 0 amide bonds. The van der Waals surface area contributed by atoms with Crippen molar-refractivity contribution in [1.29, 1.82) is 0 Å². The average Bonchev–Trinajstić information content (AvgIpc) is 3.19. The lowest BCUT2D eigenvalue weighted by Gasteiger charge is -2.43. The van der Waals surface area contributed by atoms with E-state index >= 15 is 0 Å². The molecule has 2 aliphatic rings. The van der Waals surface area contributed by atoms with Gasteiger partial charge in [-0.15, -0.1) is 13.2 Å². The Bertz CT molecular complexity index is 1260. The van der Waals surface area contributed by atoms with Crippen molar-refractivity contribution in [3.8, 4) is 5.75 Å². The van der Waals surface area contributed by atoms with E-state index in [0.717, 1.165) is 5.56 Å². The Labute approximate surface area is 212 Å². The highest BCUT2D eigenvalue weighted by Gasteiger charge is 2.41. The normalized spacial score (nSPS) is 23.4. The number of hydrogen-bond donors (Lipinski definition) is 1. The van der Waals surface area contributed by atoms with Crippen LogP contribution in [0.5, 0.6) is 5.75 Å². The quantitative estimate of drug-likeness (QED) is 0.581. The molecular weight excluding hydrogens is 521 g/mol. The highest BCUT2D eigenvalue weighted by atomic mass is 35.5. The first-order chi connectivity index (χ1) is 16.8. The third-order valence-corrected chi connectivity index (χ3v) is 9.10. The molecule has 3 unspecified atom stereocenters. The highest BCUT2D eigenvalue weighted by Crippen LogP contribution is 2.36. The molecule has 0 spiro atoms. The number of sulfonamides is 1. The van der Waals surface area contributed by atoms with Crippen LogP contribution in [0.15, 0.2) is 41.3 Å². The third kappa shape index (κ3) is 5.49. The van der Waals surface area contributed by atoms with Crippen molar-refractivity contribution in [2.75, 3.05) is 13.1 Å². The summed E-state index contributed by atoms with van der Waals surface area (Å²) in [5, 5.41) is 9.25. The van der Waals surface area contributed by atoms with Gasteiger partial charge in [0.15, 0.2) is 0 Å². The van der Waals surface area contributed by atoms with Crippen LogP contribution in [0.4, 0.5) is 13.2 Å². The second kappa shape index (κ2) is 9.85. The van der Waals surface area contributed by atoms with Gasteiger partial charge in [0.2, 0.25) is 10.0 Å². The molecule has 2 aromatic carbocycles. The first-order valence-corrected chi connectivity index (χ1v) is 13.2. The molecular formula is C24H26ClF3N2O5S. The fourth-order valence-electron chi connectivity index (χ4n) is 5.28. The summed E-state index contributed by atoms with van der Waals surface area (Å²) in [6, 6.07) is 8.25. The lowest BCUT2D eigenvalue weighted by Crippen LogP contribution is -2.58. The van der Waals surface area contributed by atoms with E-state index in [-0.39, 0.29) is 16.3 Å². The topological polar surface area (TPSA) is 87.2 Å². The summed E-state index contributed by atoms with van der Waals surface area (Å²) in [5.41, 5.74) is 1.99. The van der Waals surface area contributed by atoms with E-state index in [1.165, 1.54) is 28.6 Å². The Morgan fingerprint density at radius 3 is 2.39 bits per heavy atom. The van der Waals surface area contributed by atoms with Gasteiger partial charge in [-0.25, -0.2) is 8.42 Å². The van der Waals surface area contributed by atoms with Gasteiger partial charge in [0, 0.05) is 31.7 Å². The molecule has 0 aromatic heterocycles. The van der Waals surface area contributed by atoms with E-state index in [9.17, 15) is 31.5 Å². The number of rotatable bonds is 6. The standard InChI is InChI=1S/C24H26ClF3N2O5S/c1-14-11-29(13-16-6-7-21(20(25)8-16)35-24(26,27)28)12-15(2)30(14)36(33,34)22-5-3-4-17-9-18(23(31)32)10-19(17)22/h3-8,14-15,18H,9-13H2,1-2H3,(H,31,32). The smallest absolute Gasteiger partial charge is 0.481 e. The summed E-state index contributed by atoms with van der Waals surface area (Å²) in [4.78, 5) is 13.7. The fourth-order valence-corrected chi connectivity index (χ4v) is 7.60. The number of carbonyl (C=O) groups is 1. The molecule has 1 aliphatic heterocycles. The summed E-state index contributed by atoms with van der Waals surface area (Å²) < 4.78 is 70.3. The minimum atomic E-state index is -4.84. The van der Waals surface area contributed by atoms with E-state index in [1.807, 2.05) is 4.90 Å². The minimum Gasteiger partial charge on any atom is -0.481 e. The number of alkyl halides is 3. The van der Waals surface area contributed by atoms with Gasteiger partial charge in [0.05, 0.1) is 15.8 Å². The van der Waals surface area contributed by atoms with Crippen LogP contribution in [0.3, 0.4) is 0 Å². The summed E-state index contributed by atoms with van der Waals surface area (Å²) in [7, 11) is -3.89. The number of fused-ring (bicyclic) bond motifs is 1. The van der Waals surface area contributed by atoms with E-state index in [1.54, 1.807) is 26.0 Å². The molecule has 196 valence electrons. The fraction of sp³-hybridized carbons (Fsp3) is 0.458. The van der Waals surface area contributed by atoms with E-state index in [4.69, 9.17) is 11.6 Å². The zero-order valence-electron chi connectivity index (χ0n) is 19.6. The highest BCUT2D eigenvalue weighted by molar-refractivity contribution is 7.89. The van der Waals surface area contributed by atoms with E-state index in [2.05, 4.69) is 4.74 Å². The molecule has 36 heavy (non-hydrogen) atoms. The Hall–Kier alpha value is -2.34. The number of carboxylic acids is 1. The first kappa shape index (κ1) is 26.7. The summed E-state index contributed by atoms with van der Waals surface area (Å²) in [6.45, 7) is 4.77. The monoisotopic (exact) mass is 546 g/mol. The van der Waals surface area contributed by atoms with Crippen molar-refractivity contribution >= 4 is 27.6 Å². The van der Waals surface area contributed by atoms with Crippen LogP contribution in [-0.4, -0.2) is 60.2 Å². The molecule has 1 N–H and O–H groups in total. The molecule has 4 rings (SSSR count). The molecule has 1 fully saturated rings. The number of nitrogens with zero attached hydrogens (tertiary/aromatic N) is 2. The maximum Gasteiger partial charge on any atom is 0.573 e. The number of hydrogen-bond acceptors (Lipinski definition) is 5. The summed E-state index contributed by atoms with van der Waals surface area (Å²) >= 11 is 5.97. The molecule has 1 saturated heterocycles. The zero-order valence-corrected chi connectivity index (χ0v) is 21.2. The van der Waals surface area contributed by atoms with E-state index < -0.39 is 46.1 Å². The maximum atomic E-state index is 13.7. The van der Waals surface area contributed by atoms with Crippen LogP contribution in [0.25, 0.3) is 0 Å². The predicted octanol–water partition coefficient (Wildman–Crippen LogP) is 4.32. The van der Waals surface area contributed by atoms with Crippen LogP contribution in [0.2, 0.25) is 5.02 Å². The van der Waals surface area contributed by atoms with Gasteiger partial charge in [-0.2, -0.15) is 4.31 Å². The van der Waals surface area contributed by atoms with Crippen molar-refractivity contribution in [1.82, 2.24) is 9.21 Å². The van der Waals surface area contributed by atoms with Crippen LogP contribution in [0.1, 0.15) is 30.5 Å². The van der Waals surface area contributed by atoms with Crippen molar-refractivity contribution in [2.45, 2.75) is 56.6 Å². The molecule has 0 saturated carbocycles. The predicted molar refractivity (Wildman–Crippen MR) is 126 cm³/mol. The molecule has 0 radical (unpaired) electrons. The van der Waals surface area contributed by atoms with Gasteiger partial charge in [-0.3, -0.25) is 9.69 Å². The summed E-state index contributed by atoms with van der Waals surface area (Å²) in [6.07, 6.45) is -4.36. The number of halogens is 4. The van der Waals surface area contributed by atoms with Crippen LogP contribution < -0.4 is 4.74 Å². The Balaban J connectivity index is 1.50. The number of piperazine rings is 1. The number of carboxylic acid groups (broad SMARTS) is 1. The summed E-state index contributed by atoms with van der Waals surface area (Å²) in [5.74, 6) is -2.06. The van der Waals surface area contributed by atoms with Crippen molar-refractivity contribution in [3.05, 3.63) is 58.1 Å². The van der Waals surface area contributed by atoms with Crippen molar-refractivity contribution < 1.29 is 36.2 Å². The number of benzene rings is 2. The molecule has 7 nitrogen and oxygen atoms in total. The Morgan fingerprint density at radius 2 is 1.81 bits per heavy atom. The van der Waals surface area contributed by atoms with Crippen LogP contribution >= 0.6 is 11.6 Å². The van der Waals surface area contributed by atoms with Gasteiger partial charge in [0.25, 0.3) is 0 Å². The molecule has 3 atom stereocenters. The van der Waals surface area contributed by atoms with Crippen LogP contribution in [-0.2, 0) is 34.2 Å². The lowest BCUT2D eigenvalue weighted by molar-refractivity contribution is -0.274. The lowest BCUT2D eigenvalue weighted by atomic mass is 10.1. The molecule has 1 aliphatic carbocycles. The van der Waals surface area contributed by atoms with Gasteiger partial charge in [0.1, 0.15) is 5.75 Å². The van der Waals surface area contributed by atoms with Crippen molar-refractivity contribution in [3.63, 3.8) is 0 Å². The molecule has 12 heteroatoms. The van der Waals surface area contributed by atoms with Gasteiger partial charge < -0.3 is 9.84 Å². The van der Waals surface area contributed by atoms with Crippen molar-refractivity contribution in [2.24, 2.45) is 5.92 Å². The van der Waals surface area contributed by atoms with E-state index in [0.29, 0.717) is 37.2 Å². The largest absolute Gasteiger partial charge is 0.573 e. The van der Waals surface area contributed by atoms with Gasteiger partial charge in [-0.05, 0) is 61.6 Å². The Morgan fingerprint density at radius 1 is 1.14 bits per heavy atom. The molecule has 0 bridgehead atoms. The Kier molecular flexibility index (Phi) is 7.31. The average molecular weight is 547 g/mol. The first-order valence-electron chi connectivity index (χ1n) is 11.4. The minimum absolute atomic E-state index is 0.155. The van der Waals surface area contributed by atoms with Gasteiger partial charge in [-0.1, -0.05) is 29.8 Å². The second-order valence-corrected chi connectivity index (χ2v) is 11.6. The number of ether oxygens (including phenoxy) is 1. The van der Waals surface area contributed by atoms with Crippen LogP contribution in [0, 0.1) is 5.92 Å². The third-order valence-electron chi connectivity index (χ3n) is 6.59. The van der Waals surface area contributed by atoms with Gasteiger partial charge >= 0.3 is 12.3 Å². The molecule has 2 aromatic rings. The SMILES string of the molecule is CC1CN(Cc2ccc(OC(F)(F)F)c(Cl)c2)CC(C)N1S(=O)(=O)c1cccc2c1CC(C(=O)O)C2. The zero-order chi connectivity index (χ0) is 26.4.